The molecule has 3 aromatic rings. The number of benzene rings is 1. The van der Waals surface area contributed by atoms with Crippen LogP contribution in [-0.2, 0) is 21.1 Å². The van der Waals surface area contributed by atoms with Crippen molar-refractivity contribution in [3.63, 3.8) is 0 Å². The number of H-pyrrole nitrogens is 1. The zero-order valence-electron chi connectivity index (χ0n) is 18.6. The molecule has 0 radical (unpaired) electrons. The van der Waals surface area contributed by atoms with Crippen molar-refractivity contribution in [1.82, 2.24) is 15.0 Å². The first kappa shape index (κ1) is 22.3. The van der Waals surface area contributed by atoms with Crippen molar-refractivity contribution in [2.45, 2.75) is 33.1 Å². The minimum Gasteiger partial charge on any atom is -0.478 e. The van der Waals surface area contributed by atoms with Gasteiger partial charge in [-0.25, -0.2) is 18.4 Å². The van der Waals surface area contributed by atoms with E-state index in [1.807, 2.05) is 32.2 Å². The molecule has 9 heteroatoms. The van der Waals surface area contributed by atoms with Gasteiger partial charge in [0, 0.05) is 48.3 Å². The Bertz CT molecular complexity index is 1240. The van der Waals surface area contributed by atoms with Crippen LogP contribution in [0.5, 0.6) is 5.75 Å². The van der Waals surface area contributed by atoms with E-state index in [0.29, 0.717) is 23.5 Å². The highest BCUT2D eigenvalue weighted by molar-refractivity contribution is 7.90. The maximum absolute atomic E-state index is 11.6. The van der Waals surface area contributed by atoms with Crippen LogP contribution >= 0.6 is 0 Å². The Kier molecular flexibility index (Phi) is 5.94. The van der Waals surface area contributed by atoms with Crippen molar-refractivity contribution in [2.24, 2.45) is 5.41 Å². The second-order valence-corrected chi connectivity index (χ2v) is 11.2. The third kappa shape index (κ3) is 5.09. The van der Waals surface area contributed by atoms with Gasteiger partial charge in [0.1, 0.15) is 17.6 Å². The van der Waals surface area contributed by atoms with Gasteiger partial charge in [0.25, 0.3) is 0 Å². The summed E-state index contributed by atoms with van der Waals surface area (Å²) in [5, 5.41) is 0. The monoisotopic (exact) mass is 456 g/mol. The average molecular weight is 457 g/mol. The Morgan fingerprint density at radius 1 is 1.22 bits per heavy atom. The number of rotatable bonds is 8. The van der Waals surface area contributed by atoms with E-state index in [2.05, 4.69) is 14.9 Å². The van der Waals surface area contributed by atoms with E-state index < -0.39 is 15.3 Å². The summed E-state index contributed by atoms with van der Waals surface area (Å²) in [5.41, 5.74) is 4.24. The highest BCUT2D eigenvalue weighted by Gasteiger charge is 2.21. The molecule has 1 aliphatic rings. The largest absolute Gasteiger partial charge is 0.478 e. The van der Waals surface area contributed by atoms with Gasteiger partial charge in [0.2, 0.25) is 0 Å². The molecule has 0 amide bonds. The topological polar surface area (TPSA) is 105 Å². The Hall–Kier alpha value is -2.94. The summed E-state index contributed by atoms with van der Waals surface area (Å²) in [5.74, 6) is 0.0942. The molecule has 8 nitrogen and oxygen atoms in total. The molecule has 0 saturated carbocycles. The summed E-state index contributed by atoms with van der Waals surface area (Å²) in [4.78, 5) is 26.2. The number of aldehydes is 1. The summed E-state index contributed by atoms with van der Waals surface area (Å²) in [6, 6.07) is 5.71. The smallest absolute Gasteiger partial charge is 0.188 e. The van der Waals surface area contributed by atoms with Crippen LogP contribution in [0.25, 0.3) is 22.4 Å². The first-order valence-electron chi connectivity index (χ1n) is 10.6. The minimum atomic E-state index is -3.27. The quantitative estimate of drug-likeness (QED) is 0.518. The lowest BCUT2D eigenvalue weighted by molar-refractivity contribution is -0.114. The van der Waals surface area contributed by atoms with Gasteiger partial charge in [-0.1, -0.05) is 13.8 Å². The number of aromatic amines is 1. The fourth-order valence-corrected chi connectivity index (χ4v) is 4.25. The van der Waals surface area contributed by atoms with E-state index in [4.69, 9.17) is 9.72 Å². The maximum atomic E-state index is 11.6. The van der Waals surface area contributed by atoms with Gasteiger partial charge in [-0.05, 0) is 37.0 Å². The number of sulfone groups is 1. The molecule has 1 aliphatic heterocycles. The molecule has 0 aliphatic carbocycles. The molecular weight excluding hydrogens is 428 g/mol. The first-order chi connectivity index (χ1) is 15.1. The zero-order chi connectivity index (χ0) is 22.9. The standard InChI is InChI=1S/C23H28N4O4S/c1-23(2,14-28)11-17-12-24-22-21(17)26-20(13-25-22)16-8-18(27-6-4-5-7-27)10-19(9-16)31-15-32(3,29)30/h8-10,12-14H,4-7,11,15H2,1-3H3,(H,24,25). The highest BCUT2D eigenvalue weighted by Crippen LogP contribution is 2.33. The fraction of sp³-hybridized carbons (Fsp3) is 0.435. The molecule has 1 saturated heterocycles. The molecule has 1 fully saturated rings. The van der Waals surface area contributed by atoms with Gasteiger partial charge < -0.3 is 19.4 Å². The van der Waals surface area contributed by atoms with Crippen molar-refractivity contribution >= 4 is 33.0 Å². The summed E-state index contributed by atoms with van der Waals surface area (Å²) in [6.45, 7) is 5.67. The number of aromatic nitrogens is 3. The number of ether oxygens (including phenoxy) is 1. The van der Waals surface area contributed by atoms with Crippen molar-refractivity contribution in [3.8, 4) is 17.0 Å². The molecule has 3 heterocycles. The molecule has 1 aromatic carbocycles. The van der Waals surface area contributed by atoms with Gasteiger partial charge >= 0.3 is 0 Å². The third-order valence-corrected chi connectivity index (χ3v) is 6.07. The number of carbonyl (C=O) groups excluding carboxylic acids is 1. The number of hydrogen-bond donors (Lipinski definition) is 1. The first-order valence-corrected chi connectivity index (χ1v) is 12.7. The number of hydrogen-bond acceptors (Lipinski definition) is 7. The number of nitrogens with one attached hydrogen (secondary N) is 1. The molecule has 32 heavy (non-hydrogen) atoms. The van der Waals surface area contributed by atoms with E-state index in [1.165, 1.54) is 0 Å². The van der Waals surface area contributed by atoms with Crippen molar-refractivity contribution in [1.29, 1.82) is 0 Å². The van der Waals surface area contributed by atoms with Crippen LogP contribution in [0.2, 0.25) is 0 Å². The summed E-state index contributed by atoms with van der Waals surface area (Å²) < 4.78 is 28.8. The normalized spacial score (nSPS) is 14.8. The number of nitrogens with zero attached hydrogens (tertiary/aromatic N) is 3. The minimum absolute atomic E-state index is 0.386. The van der Waals surface area contributed by atoms with E-state index in [-0.39, 0.29) is 5.94 Å². The van der Waals surface area contributed by atoms with Gasteiger partial charge in [0.15, 0.2) is 21.4 Å². The van der Waals surface area contributed by atoms with Gasteiger partial charge in [-0.2, -0.15) is 0 Å². The highest BCUT2D eigenvalue weighted by atomic mass is 32.2. The van der Waals surface area contributed by atoms with E-state index in [0.717, 1.165) is 60.8 Å². The Morgan fingerprint density at radius 2 is 1.97 bits per heavy atom. The lowest BCUT2D eigenvalue weighted by Crippen LogP contribution is -2.18. The number of anilines is 1. The average Bonchev–Trinajstić information content (AvgIpc) is 3.42. The van der Waals surface area contributed by atoms with Crippen molar-refractivity contribution < 1.29 is 17.9 Å². The summed E-state index contributed by atoms with van der Waals surface area (Å²) in [6.07, 6.45) is 8.42. The SMILES string of the molecule is CC(C)(C=O)Cc1c[nH]c2ncc(-c3cc(OCS(C)(=O)=O)cc(N4CCCC4)c3)nc12. The predicted octanol–water partition coefficient (Wildman–Crippen LogP) is 3.37. The molecule has 0 bridgehead atoms. The summed E-state index contributed by atoms with van der Waals surface area (Å²) in [7, 11) is -3.27. The van der Waals surface area contributed by atoms with Crippen LogP contribution in [0, 0.1) is 5.41 Å². The van der Waals surface area contributed by atoms with Crippen LogP contribution in [-0.4, -0.2) is 54.9 Å². The van der Waals surface area contributed by atoms with E-state index in [1.54, 1.807) is 12.3 Å². The Balaban J connectivity index is 1.75. The molecule has 0 atom stereocenters. The molecule has 170 valence electrons. The van der Waals surface area contributed by atoms with E-state index >= 15 is 0 Å². The van der Waals surface area contributed by atoms with E-state index in [9.17, 15) is 13.2 Å². The second-order valence-electron chi connectivity index (χ2n) is 9.15. The summed E-state index contributed by atoms with van der Waals surface area (Å²) >= 11 is 0. The zero-order valence-corrected chi connectivity index (χ0v) is 19.4. The maximum Gasteiger partial charge on any atom is 0.188 e. The van der Waals surface area contributed by atoms with Gasteiger partial charge in [-0.3, -0.25) is 0 Å². The molecular formula is C23H28N4O4S. The number of carbonyl (C=O) groups is 1. The van der Waals surface area contributed by atoms with Crippen LogP contribution in [0.1, 0.15) is 32.3 Å². The van der Waals surface area contributed by atoms with Gasteiger partial charge in [0.05, 0.1) is 11.9 Å². The molecule has 1 N–H and O–H groups in total. The molecule has 0 unspecified atom stereocenters. The lowest BCUT2D eigenvalue weighted by Gasteiger charge is -2.20. The fourth-order valence-electron chi connectivity index (χ4n) is 3.90. The van der Waals surface area contributed by atoms with Gasteiger partial charge in [-0.15, -0.1) is 0 Å². The Morgan fingerprint density at radius 3 is 2.66 bits per heavy atom. The molecule has 2 aromatic heterocycles. The van der Waals surface area contributed by atoms with Crippen LogP contribution < -0.4 is 9.64 Å². The number of fused-ring (bicyclic) bond motifs is 1. The van der Waals surface area contributed by atoms with Crippen molar-refractivity contribution in [2.75, 3.05) is 30.2 Å². The van der Waals surface area contributed by atoms with Crippen LogP contribution in [0.3, 0.4) is 0 Å². The van der Waals surface area contributed by atoms with Crippen LogP contribution in [0.15, 0.2) is 30.6 Å². The predicted molar refractivity (Wildman–Crippen MR) is 125 cm³/mol. The van der Waals surface area contributed by atoms with Crippen LogP contribution in [0.4, 0.5) is 5.69 Å². The third-order valence-electron chi connectivity index (χ3n) is 5.52. The lowest BCUT2D eigenvalue weighted by atomic mass is 9.88. The molecule has 4 rings (SSSR count). The molecule has 0 spiro atoms. The van der Waals surface area contributed by atoms with Crippen molar-refractivity contribution in [3.05, 3.63) is 36.2 Å². The second kappa shape index (κ2) is 8.54. The Labute approximate surface area is 187 Å².